The van der Waals surface area contributed by atoms with Gasteiger partial charge in [0.15, 0.2) is 0 Å². The first-order valence-electron chi connectivity index (χ1n) is 10.2. The number of carbonyl (C=O) groups excluding carboxylic acids is 3. The zero-order valence-electron chi connectivity index (χ0n) is 17.4. The predicted molar refractivity (Wildman–Crippen MR) is 117 cm³/mol. The predicted octanol–water partition coefficient (Wildman–Crippen LogP) is 3.27. The Kier molecular flexibility index (Phi) is 5.62. The molecule has 0 N–H and O–H groups in total. The molecule has 2 aromatic rings. The third-order valence-electron chi connectivity index (χ3n) is 5.61. The summed E-state index contributed by atoms with van der Waals surface area (Å²) in [6.45, 7) is 3.87. The van der Waals surface area contributed by atoms with Crippen molar-refractivity contribution in [1.82, 2.24) is 4.90 Å². The van der Waals surface area contributed by atoms with Crippen molar-refractivity contribution in [3.05, 3.63) is 83.6 Å². The first kappa shape index (κ1) is 21.2. The minimum Gasteiger partial charge on any atom is -0.464 e. The molecule has 0 aliphatic carbocycles. The summed E-state index contributed by atoms with van der Waals surface area (Å²) in [7, 11) is 0. The van der Waals surface area contributed by atoms with E-state index in [0.717, 1.165) is 0 Å². The van der Waals surface area contributed by atoms with Crippen molar-refractivity contribution in [3.63, 3.8) is 0 Å². The summed E-state index contributed by atoms with van der Waals surface area (Å²) in [5.74, 6) is -1.06. The number of rotatable bonds is 6. The fourth-order valence-electron chi connectivity index (χ4n) is 4.35. The van der Waals surface area contributed by atoms with Crippen molar-refractivity contribution in [1.29, 1.82) is 0 Å². The number of fused-ring (bicyclic) bond motifs is 1. The maximum atomic E-state index is 13.9. The quantitative estimate of drug-likeness (QED) is 0.510. The van der Waals surface area contributed by atoms with Crippen LogP contribution in [0.2, 0.25) is 0 Å². The Morgan fingerprint density at radius 3 is 2.00 bits per heavy atom. The van der Waals surface area contributed by atoms with Gasteiger partial charge in [-0.3, -0.25) is 9.69 Å². The van der Waals surface area contributed by atoms with E-state index < -0.39 is 22.2 Å². The molecule has 1 atom stereocenters. The number of benzene rings is 2. The van der Waals surface area contributed by atoms with Gasteiger partial charge in [0.2, 0.25) is 10.8 Å². The van der Waals surface area contributed by atoms with Crippen molar-refractivity contribution >= 4 is 29.6 Å². The highest BCUT2D eigenvalue weighted by molar-refractivity contribution is 8.01. The normalized spacial score (nSPS) is 21.4. The Bertz CT molecular complexity index is 997. The molecule has 2 aliphatic heterocycles. The summed E-state index contributed by atoms with van der Waals surface area (Å²) >= 11 is 1.23. The van der Waals surface area contributed by atoms with Crippen LogP contribution in [0.25, 0.3) is 0 Å². The van der Waals surface area contributed by atoms with Crippen LogP contribution in [0.1, 0.15) is 25.0 Å². The fraction of sp³-hybridized carbons (Fsp3) is 0.292. The van der Waals surface area contributed by atoms with Gasteiger partial charge in [-0.1, -0.05) is 60.7 Å². The molecule has 0 spiro atoms. The van der Waals surface area contributed by atoms with Crippen LogP contribution >= 0.6 is 11.8 Å². The molecule has 31 heavy (non-hydrogen) atoms. The van der Waals surface area contributed by atoms with Crippen LogP contribution < -0.4 is 0 Å². The zero-order chi connectivity index (χ0) is 22.1. The van der Waals surface area contributed by atoms with E-state index in [1.807, 2.05) is 60.7 Å². The zero-order valence-corrected chi connectivity index (χ0v) is 18.2. The van der Waals surface area contributed by atoms with Gasteiger partial charge in [0, 0.05) is 12.0 Å². The molecule has 2 aromatic carbocycles. The first-order valence-corrected chi connectivity index (χ1v) is 11.2. The minimum absolute atomic E-state index is 0.178. The van der Waals surface area contributed by atoms with Crippen molar-refractivity contribution in [2.24, 2.45) is 0 Å². The summed E-state index contributed by atoms with van der Waals surface area (Å²) in [5.41, 5.74) is 0.477. The summed E-state index contributed by atoms with van der Waals surface area (Å²) in [6.07, 6.45) is 1.46. The van der Waals surface area contributed by atoms with E-state index in [2.05, 4.69) is 0 Å². The van der Waals surface area contributed by atoms with Crippen molar-refractivity contribution < 1.29 is 23.9 Å². The highest BCUT2D eigenvalue weighted by Gasteiger charge is 2.78. The second kappa shape index (κ2) is 8.23. The summed E-state index contributed by atoms with van der Waals surface area (Å²) in [6, 6.07) is 18.6. The van der Waals surface area contributed by atoms with Crippen LogP contribution in [0, 0.1) is 0 Å². The van der Waals surface area contributed by atoms with E-state index in [4.69, 9.17) is 9.47 Å². The smallest absolute Gasteiger partial charge is 0.345 e. The van der Waals surface area contributed by atoms with Gasteiger partial charge in [0.25, 0.3) is 0 Å². The topological polar surface area (TPSA) is 72.9 Å². The summed E-state index contributed by atoms with van der Waals surface area (Å²) in [5, 5.41) is 0. The second-order valence-corrected chi connectivity index (χ2v) is 8.35. The molecule has 6 nitrogen and oxygen atoms in total. The largest absolute Gasteiger partial charge is 0.464 e. The number of β-lactam (4-membered cyclic amide) rings is 1. The van der Waals surface area contributed by atoms with E-state index >= 15 is 0 Å². The number of nitrogens with zero attached hydrogens (tertiary/aromatic N) is 1. The lowest BCUT2D eigenvalue weighted by atomic mass is 9.61. The van der Waals surface area contributed by atoms with Crippen molar-refractivity contribution in [2.75, 3.05) is 19.0 Å². The van der Waals surface area contributed by atoms with Gasteiger partial charge in [-0.05, 0) is 25.0 Å². The average molecular weight is 438 g/mol. The van der Waals surface area contributed by atoms with Crippen LogP contribution in [0.3, 0.4) is 0 Å². The monoisotopic (exact) mass is 437 g/mol. The molecule has 1 fully saturated rings. The van der Waals surface area contributed by atoms with E-state index in [1.165, 1.54) is 22.9 Å². The van der Waals surface area contributed by atoms with Crippen LogP contribution in [-0.2, 0) is 29.3 Å². The molecule has 1 amide bonds. The van der Waals surface area contributed by atoms with Gasteiger partial charge < -0.3 is 9.47 Å². The molecule has 7 heteroatoms. The summed E-state index contributed by atoms with van der Waals surface area (Å²) in [4.78, 5) is 39.7. The van der Waals surface area contributed by atoms with Crippen molar-refractivity contribution in [2.45, 2.75) is 24.1 Å². The highest BCUT2D eigenvalue weighted by Crippen LogP contribution is 2.62. The molecule has 4 rings (SSSR count). The Balaban J connectivity index is 1.95. The minimum atomic E-state index is -1.36. The number of carbonyl (C=O) groups is 3. The van der Waals surface area contributed by atoms with Crippen LogP contribution in [0.4, 0.5) is 0 Å². The lowest BCUT2D eigenvalue weighted by Crippen LogP contribution is -2.81. The SMILES string of the molecule is CCOC(=O)C1=CN2C(=O)C(c3ccccc3)(c3ccccc3)C2(C(=O)OCC)SC1. The number of ether oxygens (including phenoxy) is 2. The highest BCUT2D eigenvalue weighted by atomic mass is 32.2. The molecule has 1 saturated heterocycles. The van der Waals surface area contributed by atoms with Crippen LogP contribution in [-0.4, -0.2) is 46.6 Å². The Hall–Kier alpha value is -3.06. The average Bonchev–Trinajstić information content (AvgIpc) is 2.80. The van der Waals surface area contributed by atoms with Gasteiger partial charge in [0.05, 0.1) is 18.8 Å². The molecular formula is C24H23NO5S. The molecule has 2 heterocycles. The molecule has 0 bridgehead atoms. The lowest BCUT2D eigenvalue weighted by Gasteiger charge is -2.62. The molecule has 1 unspecified atom stereocenters. The third kappa shape index (κ3) is 2.91. The number of amides is 1. The maximum Gasteiger partial charge on any atom is 0.345 e. The number of esters is 2. The third-order valence-corrected chi connectivity index (χ3v) is 7.15. The van der Waals surface area contributed by atoms with Gasteiger partial charge in [-0.2, -0.15) is 0 Å². The van der Waals surface area contributed by atoms with Gasteiger partial charge >= 0.3 is 11.9 Å². The van der Waals surface area contributed by atoms with Crippen LogP contribution in [0.5, 0.6) is 0 Å². The van der Waals surface area contributed by atoms with E-state index in [0.29, 0.717) is 16.7 Å². The Morgan fingerprint density at radius 1 is 0.935 bits per heavy atom. The van der Waals surface area contributed by atoms with E-state index in [9.17, 15) is 14.4 Å². The van der Waals surface area contributed by atoms with E-state index in [1.54, 1.807) is 13.8 Å². The van der Waals surface area contributed by atoms with E-state index in [-0.39, 0.29) is 24.9 Å². The molecule has 2 aliphatic rings. The van der Waals surface area contributed by atoms with Gasteiger partial charge in [-0.25, -0.2) is 9.59 Å². The standard InChI is InChI=1S/C24H23NO5S/c1-3-29-20(26)17-15-25-21(27)23(18-11-7-5-8-12-18,19-13-9-6-10-14-19)24(25,31-16-17)22(28)30-4-2/h5-15H,3-4,16H2,1-2H3. The lowest BCUT2D eigenvalue weighted by molar-refractivity contribution is -0.175. The van der Waals surface area contributed by atoms with Crippen LogP contribution in [0.15, 0.2) is 72.4 Å². The first-order chi connectivity index (χ1) is 15.0. The Morgan fingerprint density at radius 2 is 1.48 bits per heavy atom. The van der Waals surface area contributed by atoms with Gasteiger partial charge in [-0.15, -0.1) is 11.8 Å². The fourth-order valence-corrected chi connectivity index (χ4v) is 5.90. The second-order valence-electron chi connectivity index (χ2n) is 7.19. The number of hydrogen-bond donors (Lipinski definition) is 0. The molecule has 0 saturated carbocycles. The number of hydrogen-bond acceptors (Lipinski definition) is 6. The number of thioether (sulfide) groups is 1. The molecule has 160 valence electrons. The van der Waals surface area contributed by atoms with Crippen molar-refractivity contribution in [3.8, 4) is 0 Å². The molecular weight excluding hydrogens is 414 g/mol. The molecule has 0 aromatic heterocycles. The van der Waals surface area contributed by atoms with Gasteiger partial charge in [0.1, 0.15) is 5.41 Å². The molecule has 0 radical (unpaired) electrons. The maximum absolute atomic E-state index is 13.9. The Labute approximate surface area is 185 Å². The summed E-state index contributed by atoms with van der Waals surface area (Å²) < 4.78 is 10.6.